The number of H-pyrrole nitrogens is 1. The number of nitrogens with one attached hydrogen (secondary N) is 3. The highest BCUT2D eigenvalue weighted by Gasteiger charge is 2.33. The first-order valence-corrected chi connectivity index (χ1v) is 6.92. The molecule has 2 aromatic heterocycles. The Kier molecular flexibility index (Phi) is 3.54. The Morgan fingerprint density at radius 2 is 2.36 bits per heavy atom. The van der Waals surface area contributed by atoms with Crippen molar-refractivity contribution in [2.24, 2.45) is 0 Å². The molecule has 3 rings (SSSR count). The average molecular weight is 300 g/mol. The normalized spacial score (nSPS) is 17.8. The summed E-state index contributed by atoms with van der Waals surface area (Å²) in [6.45, 7) is 1.91. The number of hydrogen-bond acceptors (Lipinski definition) is 4. The van der Waals surface area contributed by atoms with Gasteiger partial charge in [0.15, 0.2) is 5.82 Å². The van der Waals surface area contributed by atoms with Crippen molar-refractivity contribution in [1.82, 2.24) is 15.5 Å². The van der Waals surface area contributed by atoms with Crippen molar-refractivity contribution < 1.29 is 14.0 Å². The van der Waals surface area contributed by atoms with E-state index in [0.717, 1.165) is 5.57 Å². The van der Waals surface area contributed by atoms with E-state index in [1.807, 2.05) is 19.1 Å². The molecule has 7 heteroatoms. The average Bonchev–Trinajstić information content (AvgIpc) is 3.14. The number of carbonyl (C=O) groups excluding carboxylic acids is 2. The van der Waals surface area contributed by atoms with Crippen molar-refractivity contribution in [2.45, 2.75) is 19.3 Å². The molecule has 0 radical (unpaired) electrons. The number of aromatic amines is 1. The smallest absolute Gasteiger partial charge is 0.269 e. The van der Waals surface area contributed by atoms with Gasteiger partial charge in [-0.3, -0.25) is 14.7 Å². The molecule has 0 saturated heterocycles. The third-order valence-corrected chi connectivity index (χ3v) is 3.72. The zero-order valence-corrected chi connectivity index (χ0v) is 12.3. The van der Waals surface area contributed by atoms with Crippen LogP contribution in [-0.2, 0) is 4.79 Å². The molecule has 1 aliphatic heterocycles. The predicted molar refractivity (Wildman–Crippen MR) is 80.3 cm³/mol. The standard InChI is InChI=1S/C15H16N4O3/c1-8(6-9-4-3-5-22-9)10-7-11(20)17-14-12(10)13(18-19-14)15(21)16-2/h3-6,10H,7H2,1-2H3,(H,16,21)(H2,17,18,19,20)/b8-6+. The largest absolute Gasteiger partial charge is 0.465 e. The summed E-state index contributed by atoms with van der Waals surface area (Å²) >= 11 is 0. The molecule has 1 aliphatic rings. The van der Waals surface area contributed by atoms with Crippen molar-refractivity contribution in [3.05, 3.63) is 41.0 Å². The zero-order valence-electron chi connectivity index (χ0n) is 12.3. The number of hydrogen-bond donors (Lipinski definition) is 3. The fraction of sp³-hybridized carbons (Fsp3) is 0.267. The summed E-state index contributed by atoms with van der Waals surface area (Å²) in [4.78, 5) is 23.9. The second-order valence-corrected chi connectivity index (χ2v) is 5.15. The van der Waals surface area contributed by atoms with Crippen LogP contribution in [0, 0.1) is 0 Å². The number of rotatable bonds is 3. The lowest BCUT2D eigenvalue weighted by molar-refractivity contribution is -0.116. The van der Waals surface area contributed by atoms with Crippen LogP contribution in [0.1, 0.15) is 41.1 Å². The van der Waals surface area contributed by atoms with Crippen LogP contribution in [0.2, 0.25) is 0 Å². The van der Waals surface area contributed by atoms with Gasteiger partial charge in [-0.05, 0) is 25.1 Å². The molecule has 3 heterocycles. The first-order valence-electron chi connectivity index (χ1n) is 6.92. The fourth-order valence-electron chi connectivity index (χ4n) is 2.64. The number of furan rings is 1. The predicted octanol–water partition coefficient (Wildman–Crippen LogP) is 1.89. The number of aromatic nitrogens is 2. The van der Waals surface area contributed by atoms with Crippen LogP contribution in [0.15, 0.2) is 28.4 Å². The van der Waals surface area contributed by atoms with Crippen molar-refractivity contribution in [2.75, 3.05) is 12.4 Å². The van der Waals surface area contributed by atoms with Crippen LogP contribution in [0.5, 0.6) is 0 Å². The van der Waals surface area contributed by atoms with E-state index in [4.69, 9.17) is 4.42 Å². The minimum absolute atomic E-state index is 0.125. The second-order valence-electron chi connectivity index (χ2n) is 5.15. The number of fused-ring (bicyclic) bond motifs is 1. The Labute approximate surface area is 126 Å². The van der Waals surface area contributed by atoms with Gasteiger partial charge in [-0.1, -0.05) is 5.57 Å². The van der Waals surface area contributed by atoms with Crippen LogP contribution < -0.4 is 10.6 Å². The van der Waals surface area contributed by atoms with E-state index >= 15 is 0 Å². The van der Waals surface area contributed by atoms with E-state index in [2.05, 4.69) is 20.8 Å². The third-order valence-electron chi connectivity index (χ3n) is 3.72. The van der Waals surface area contributed by atoms with Crippen LogP contribution in [-0.4, -0.2) is 29.1 Å². The molecule has 0 aromatic carbocycles. The topological polar surface area (TPSA) is 100 Å². The summed E-state index contributed by atoms with van der Waals surface area (Å²) in [5, 5.41) is 12.0. The van der Waals surface area contributed by atoms with E-state index < -0.39 is 0 Å². The molecule has 2 amide bonds. The highest BCUT2D eigenvalue weighted by molar-refractivity contribution is 6.00. The summed E-state index contributed by atoms with van der Waals surface area (Å²) in [6.07, 6.45) is 3.72. The Hall–Kier alpha value is -2.83. The monoisotopic (exact) mass is 300 g/mol. The molecule has 0 saturated carbocycles. The summed E-state index contributed by atoms with van der Waals surface area (Å²) in [7, 11) is 1.55. The van der Waals surface area contributed by atoms with E-state index in [0.29, 0.717) is 22.8 Å². The molecule has 0 bridgehead atoms. The maximum Gasteiger partial charge on any atom is 0.269 e. The molecule has 0 aliphatic carbocycles. The van der Waals surface area contributed by atoms with Gasteiger partial charge in [0.1, 0.15) is 11.5 Å². The number of anilines is 1. The molecule has 1 atom stereocenters. The fourth-order valence-corrected chi connectivity index (χ4v) is 2.64. The van der Waals surface area contributed by atoms with Gasteiger partial charge in [0, 0.05) is 24.9 Å². The minimum Gasteiger partial charge on any atom is -0.465 e. The molecule has 0 fully saturated rings. The van der Waals surface area contributed by atoms with E-state index in [-0.39, 0.29) is 24.2 Å². The molecule has 2 aromatic rings. The molecule has 1 unspecified atom stereocenters. The molecule has 114 valence electrons. The highest BCUT2D eigenvalue weighted by atomic mass is 16.3. The number of amides is 2. The van der Waals surface area contributed by atoms with Gasteiger partial charge in [-0.2, -0.15) is 5.10 Å². The Morgan fingerprint density at radius 1 is 1.55 bits per heavy atom. The van der Waals surface area contributed by atoms with Gasteiger partial charge in [0.2, 0.25) is 5.91 Å². The minimum atomic E-state index is -0.263. The highest BCUT2D eigenvalue weighted by Crippen LogP contribution is 2.38. The van der Waals surface area contributed by atoms with Crippen LogP contribution in [0.25, 0.3) is 6.08 Å². The van der Waals surface area contributed by atoms with Gasteiger partial charge in [0.25, 0.3) is 5.91 Å². The molecule has 3 N–H and O–H groups in total. The molecule has 7 nitrogen and oxygen atoms in total. The quantitative estimate of drug-likeness (QED) is 0.806. The van der Waals surface area contributed by atoms with E-state index in [1.165, 1.54) is 0 Å². The SMILES string of the molecule is CNC(=O)c1[nH]nc2c1C(/C(C)=C/c1ccco1)CC(=O)N2. The molecule has 22 heavy (non-hydrogen) atoms. The van der Waals surface area contributed by atoms with Crippen LogP contribution in [0.4, 0.5) is 5.82 Å². The van der Waals surface area contributed by atoms with Gasteiger partial charge in [-0.15, -0.1) is 0 Å². The van der Waals surface area contributed by atoms with Gasteiger partial charge in [-0.25, -0.2) is 0 Å². The zero-order chi connectivity index (χ0) is 15.7. The lowest BCUT2D eigenvalue weighted by Crippen LogP contribution is -2.26. The van der Waals surface area contributed by atoms with E-state index in [1.54, 1.807) is 19.4 Å². The number of carbonyl (C=O) groups is 2. The Morgan fingerprint density at radius 3 is 3.05 bits per heavy atom. The Bertz CT molecular complexity index is 743. The van der Waals surface area contributed by atoms with Gasteiger partial charge in [0.05, 0.1) is 6.26 Å². The second kappa shape index (κ2) is 5.51. The van der Waals surface area contributed by atoms with Crippen molar-refractivity contribution >= 4 is 23.7 Å². The molecule has 0 spiro atoms. The van der Waals surface area contributed by atoms with Crippen LogP contribution >= 0.6 is 0 Å². The van der Waals surface area contributed by atoms with Crippen molar-refractivity contribution in [3.63, 3.8) is 0 Å². The number of allylic oxidation sites excluding steroid dienone is 1. The maximum atomic E-state index is 12.0. The van der Waals surface area contributed by atoms with E-state index in [9.17, 15) is 9.59 Å². The van der Waals surface area contributed by atoms with Gasteiger partial charge < -0.3 is 15.1 Å². The summed E-state index contributed by atoms with van der Waals surface area (Å²) in [5.74, 6) is 0.502. The van der Waals surface area contributed by atoms with Crippen LogP contribution in [0.3, 0.4) is 0 Å². The summed E-state index contributed by atoms with van der Waals surface area (Å²) in [5.41, 5.74) is 2.01. The lowest BCUT2D eigenvalue weighted by Gasteiger charge is -2.23. The lowest BCUT2D eigenvalue weighted by atomic mass is 9.85. The third kappa shape index (κ3) is 2.41. The number of nitrogens with zero attached hydrogens (tertiary/aromatic N) is 1. The molecular weight excluding hydrogens is 284 g/mol. The van der Waals surface area contributed by atoms with Crippen molar-refractivity contribution in [1.29, 1.82) is 0 Å². The summed E-state index contributed by atoms with van der Waals surface area (Å²) < 4.78 is 5.31. The first kappa shape index (κ1) is 14.1. The summed E-state index contributed by atoms with van der Waals surface area (Å²) in [6, 6.07) is 3.63. The first-order chi connectivity index (χ1) is 10.6. The Balaban J connectivity index is 2.05. The maximum absolute atomic E-state index is 12.0. The van der Waals surface area contributed by atoms with Crippen molar-refractivity contribution in [3.8, 4) is 0 Å². The molecular formula is C15H16N4O3. The van der Waals surface area contributed by atoms with Gasteiger partial charge >= 0.3 is 0 Å².